The molecular weight excluding hydrogens is 281 g/mol. The molecule has 0 aliphatic carbocycles. The molecule has 8 heteroatoms. The smallest absolute Gasteiger partial charge is 0.387 e. The number of aliphatic carboxylic acids is 1. The molecule has 1 rings (SSSR count). The van der Waals surface area contributed by atoms with Gasteiger partial charge in [-0.3, -0.25) is 0 Å². The summed E-state index contributed by atoms with van der Waals surface area (Å²) in [5.41, 5.74) is -0.317. The number of halogens is 4. The van der Waals surface area contributed by atoms with Crippen LogP contribution in [0.4, 0.5) is 8.78 Å². The Kier molecular flexibility index (Phi) is 4.50. The van der Waals surface area contributed by atoms with Crippen molar-refractivity contribution in [3.8, 4) is 5.75 Å². The molecule has 1 aromatic rings. The second-order valence-electron chi connectivity index (χ2n) is 2.93. The predicted octanol–water partition coefficient (Wildman–Crippen LogP) is 2.71. The fraction of sp³-hybridized carbons (Fsp3) is 0.222. The summed E-state index contributed by atoms with van der Waals surface area (Å²) >= 11 is 11.2. The molecule has 0 amide bonds. The number of rotatable bonds is 4. The maximum Gasteiger partial charge on any atom is 0.387 e. The predicted molar refractivity (Wildman–Crippen MR) is 55.7 cm³/mol. The summed E-state index contributed by atoms with van der Waals surface area (Å²) in [5, 5.41) is 17.4. The third kappa shape index (κ3) is 3.42. The van der Waals surface area contributed by atoms with Crippen molar-refractivity contribution in [1.82, 2.24) is 0 Å². The van der Waals surface area contributed by atoms with Gasteiger partial charge in [0.2, 0.25) is 0 Å². The van der Waals surface area contributed by atoms with Crippen molar-refractivity contribution in [3.05, 3.63) is 27.7 Å². The minimum Gasteiger partial charge on any atom is -0.479 e. The van der Waals surface area contributed by atoms with Gasteiger partial charge in [-0.05, 0) is 6.07 Å². The Balaban J connectivity index is 3.19. The molecule has 0 heterocycles. The highest BCUT2D eigenvalue weighted by Crippen LogP contribution is 2.35. The zero-order valence-corrected chi connectivity index (χ0v) is 9.54. The Labute approximate surface area is 104 Å². The molecule has 1 unspecified atom stereocenters. The lowest BCUT2D eigenvalue weighted by Gasteiger charge is -2.12. The summed E-state index contributed by atoms with van der Waals surface area (Å²) in [5.74, 6) is -1.97. The van der Waals surface area contributed by atoms with E-state index in [1.165, 1.54) is 0 Å². The molecule has 94 valence electrons. The van der Waals surface area contributed by atoms with Gasteiger partial charge in [0.15, 0.2) is 6.10 Å². The number of alkyl halides is 2. The average molecular weight is 287 g/mol. The highest BCUT2D eigenvalue weighted by Gasteiger charge is 2.22. The van der Waals surface area contributed by atoms with Gasteiger partial charge in [-0.25, -0.2) is 4.79 Å². The van der Waals surface area contributed by atoms with Gasteiger partial charge in [0.25, 0.3) is 0 Å². The van der Waals surface area contributed by atoms with Gasteiger partial charge in [-0.1, -0.05) is 23.2 Å². The SMILES string of the molecule is O=C(O)C(O)c1cc(OC(F)F)cc(Cl)c1Cl. The molecule has 1 aromatic carbocycles. The summed E-state index contributed by atoms with van der Waals surface area (Å²) in [6, 6.07) is 1.88. The quantitative estimate of drug-likeness (QED) is 0.893. The number of hydrogen-bond donors (Lipinski definition) is 2. The maximum absolute atomic E-state index is 12.0. The summed E-state index contributed by atoms with van der Waals surface area (Å²) in [4.78, 5) is 10.6. The van der Waals surface area contributed by atoms with Crippen molar-refractivity contribution in [2.24, 2.45) is 0 Å². The monoisotopic (exact) mass is 286 g/mol. The van der Waals surface area contributed by atoms with Crippen LogP contribution in [0.25, 0.3) is 0 Å². The van der Waals surface area contributed by atoms with Gasteiger partial charge in [0.1, 0.15) is 5.75 Å². The summed E-state index contributed by atoms with van der Waals surface area (Å²) in [6.07, 6.45) is -1.97. The third-order valence-electron chi connectivity index (χ3n) is 1.78. The van der Waals surface area contributed by atoms with Crippen LogP contribution in [-0.2, 0) is 4.79 Å². The molecular formula is C9H6Cl2F2O4. The number of hydrogen-bond acceptors (Lipinski definition) is 3. The van der Waals surface area contributed by atoms with Gasteiger partial charge < -0.3 is 14.9 Å². The maximum atomic E-state index is 12.0. The molecule has 0 fully saturated rings. The van der Waals surface area contributed by atoms with E-state index in [0.717, 1.165) is 12.1 Å². The molecule has 0 aliphatic heterocycles. The largest absolute Gasteiger partial charge is 0.479 e. The molecule has 0 radical (unpaired) electrons. The fourth-order valence-corrected chi connectivity index (χ4v) is 1.52. The third-order valence-corrected chi connectivity index (χ3v) is 2.60. The van der Waals surface area contributed by atoms with E-state index in [1.54, 1.807) is 0 Å². The van der Waals surface area contributed by atoms with E-state index in [1.807, 2.05) is 0 Å². The minimum atomic E-state index is -3.10. The Bertz CT molecular complexity index is 439. The van der Waals surface area contributed by atoms with Gasteiger partial charge in [-0.2, -0.15) is 8.78 Å². The number of carboxylic acids is 1. The summed E-state index contributed by atoms with van der Waals surface area (Å²) in [6.45, 7) is -3.10. The van der Waals surface area contributed by atoms with E-state index in [4.69, 9.17) is 28.3 Å². The van der Waals surface area contributed by atoms with Crippen molar-refractivity contribution in [3.63, 3.8) is 0 Å². The molecule has 1 atom stereocenters. The number of aliphatic hydroxyl groups is 1. The molecule has 2 N–H and O–H groups in total. The molecule has 0 spiro atoms. The zero-order chi connectivity index (χ0) is 13.2. The molecule has 0 saturated carbocycles. The number of benzene rings is 1. The van der Waals surface area contributed by atoms with Gasteiger partial charge >= 0.3 is 12.6 Å². The van der Waals surface area contributed by atoms with Crippen LogP contribution in [0.1, 0.15) is 11.7 Å². The molecule has 4 nitrogen and oxygen atoms in total. The van der Waals surface area contributed by atoms with Crippen LogP contribution in [0.5, 0.6) is 5.75 Å². The Hall–Kier alpha value is -1.11. The molecule has 0 bridgehead atoms. The van der Waals surface area contributed by atoms with Crippen LogP contribution in [0, 0.1) is 0 Å². The van der Waals surface area contributed by atoms with E-state index in [-0.39, 0.29) is 21.4 Å². The second-order valence-corrected chi connectivity index (χ2v) is 3.71. The summed E-state index contributed by atoms with van der Waals surface area (Å²) in [7, 11) is 0. The minimum absolute atomic E-state index is 0.194. The molecule has 0 aromatic heterocycles. The van der Waals surface area contributed by atoms with Crippen LogP contribution >= 0.6 is 23.2 Å². The zero-order valence-electron chi connectivity index (χ0n) is 8.03. The Morgan fingerprint density at radius 3 is 2.41 bits per heavy atom. The fourth-order valence-electron chi connectivity index (χ4n) is 1.09. The van der Waals surface area contributed by atoms with E-state index >= 15 is 0 Å². The Morgan fingerprint density at radius 2 is 1.94 bits per heavy atom. The van der Waals surface area contributed by atoms with Gasteiger partial charge in [0, 0.05) is 11.6 Å². The standard InChI is InChI=1S/C9H6Cl2F2O4/c10-5-2-3(17-9(12)13)1-4(6(5)11)7(14)8(15)16/h1-2,7,9,14H,(H,15,16). The number of carbonyl (C=O) groups is 1. The highest BCUT2D eigenvalue weighted by molar-refractivity contribution is 6.42. The van der Waals surface area contributed by atoms with Crippen molar-refractivity contribution in [2.45, 2.75) is 12.7 Å². The normalized spacial score (nSPS) is 12.6. The van der Waals surface area contributed by atoms with Crippen LogP contribution in [0.3, 0.4) is 0 Å². The van der Waals surface area contributed by atoms with Crippen molar-refractivity contribution in [1.29, 1.82) is 0 Å². The first-order valence-corrected chi connectivity index (χ1v) is 4.93. The molecule has 0 saturated heterocycles. The van der Waals surface area contributed by atoms with E-state index in [9.17, 15) is 18.7 Å². The lowest BCUT2D eigenvalue weighted by atomic mass is 10.1. The van der Waals surface area contributed by atoms with Crippen LogP contribution in [0.15, 0.2) is 12.1 Å². The van der Waals surface area contributed by atoms with Crippen molar-refractivity contribution < 1.29 is 28.5 Å². The first kappa shape index (κ1) is 14.0. The van der Waals surface area contributed by atoms with E-state index < -0.39 is 18.7 Å². The van der Waals surface area contributed by atoms with Gasteiger partial charge in [0.05, 0.1) is 10.0 Å². The first-order chi connectivity index (χ1) is 7.82. The van der Waals surface area contributed by atoms with Gasteiger partial charge in [-0.15, -0.1) is 0 Å². The van der Waals surface area contributed by atoms with E-state index in [0.29, 0.717) is 0 Å². The summed E-state index contributed by atoms with van der Waals surface area (Å²) < 4.78 is 28.0. The average Bonchev–Trinajstić information content (AvgIpc) is 2.21. The topological polar surface area (TPSA) is 66.8 Å². The molecule has 17 heavy (non-hydrogen) atoms. The second kappa shape index (κ2) is 5.48. The van der Waals surface area contributed by atoms with Crippen molar-refractivity contribution in [2.75, 3.05) is 0 Å². The lowest BCUT2D eigenvalue weighted by molar-refractivity contribution is -0.146. The lowest BCUT2D eigenvalue weighted by Crippen LogP contribution is -2.12. The number of carboxylic acid groups (broad SMARTS) is 1. The van der Waals surface area contributed by atoms with E-state index in [2.05, 4.69) is 4.74 Å². The highest BCUT2D eigenvalue weighted by atomic mass is 35.5. The molecule has 0 aliphatic rings. The van der Waals surface area contributed by atoms with Crippen LogP contribution in [0.2, 0.25) is 10.0 Å². The first-order valence-electron chi connectivity index (χ1n) is 4.17. The van der Waals surface area contributed by atoms with Crippen LogP contribution in [-0.4, -0.2) is 22.8 Å². The Morgan fingerprint density at radius 1 is 1.35 bits per heavy atom. The number of ether oxygens (including phenoxy) is 1. The van der Waals surface area contributed by atoms with Crippen molar-refractivity contribution >= 4 is 29.2 Å². The number of aliphatic hydroxyl groups excluding tert-OH is 1. The van der Waals surface area contributed by atoms with Crippen LogP contribution < -0.4 is 4.74 Å².